The van der Waals surface area contributed by atoms with Gasteiger partial charge >= 0.3 is 26.5 Å². The molecule has 0 aromatic heterocycles. The summed E-state index contributed by atoms with van der Waals surface area (Å²) in [4.78, 5) is 46.1. The molecule has 1 rings (SSSR count). The van der Waals surface area contributed by atoms with Crippen molar-refractivity contribution in [3.8, 4) is 24.3 Å². The Labute approximate surface area is 151 Å². The zero-order valence-corrected chi connectivity index (χ0v) is 15.6. The number of carbonyl (C=O) groups is 4. The number of esters is 3. The lowest BCUT2D eigenvalue weighted by Gasteiger charge is -2.44. The molecule has 140 valence electrons. The first-order valence-corrected chi connectivity index (χ1v) is 9.28. The van der Waals surface area contributed by atoms with Gasteiger partial charge in [-0.2, -0.15) is 0 Å². The summed E-state index contributed by atoms with van der Waals surface area (Å²) >= 11 is 0. The molecule has 0 amide bonds. The van der Waals surface area contributed by atoms with Gasteiger partial charge < -0.3 is 23.1 Å². The Kier molecular flexibility index (Phi) is 6.95. The molecule has 1 aliphatic heterocycles. The Hall–Kier alpha value is -2.82. The SMILES string of the molecule is C#CC1O[Si](C#C)(OC(C)=O)C(OC(C)=O)C(OC(C)=O)C1OC(C)=O. The fourth-order valence-corrected chi connectivity index (χ4v) is 5.03. The van der Waals surface area contributed by atoms with E-state index in [0.717, 1.165) is 27.7 Å². The minimum Gasteiger partial charge on any atom is -0.483 e. The average Bonchev–Trinajstić information content (AvgIpc) is 2.51. The molecule has 0 aromatic rings. The van der Waals surface area contributed by atoms with Crippen molar-refractivity contribution in [1.29, 1.82) is 0 Å². The molecule has 5 atom stereocenters. The second-order valence-corrected chi connectivity index (χ2v) is 7.92. The minimum absolute atomic E-state index is 0.750. The normalized spacial score (nSPS) is 30.1. The number of rotatable bonds is 4. The van der Waals surface area contributed by atoms with Gasteiger partial charge in [0.25, 0.3) is 5.97 Å². The van der Waals surface area contributed by atoms with Crippen LogP contribution in [0.1, 0.15) is 27.7 Å². The van der Waals surface area contributed by atoms with Crippen LogP contribution in [-0.2, 0) is 42.2 Å². The lowest BCUT2D eigenvalue weighted by atomic mass is 10.1. The van der Waals surface area contributed by atoms with E-state index >= 15 is 0 Å². The first-order valence-electron chi connectivity index (χ1n) is 7.39. The fraction of sp³-hybridized carbons (Fsp3) is 0.500. The topological polar surface area (TPSA) is 114 Å². The van der Waals surface area contributed by atoms with Gasteiger partial charge in [0, 0.05) is 27.7 Å². The van der Waals surface area contributed by atoms with Crippen molar-refractivity contribution >= 4 is 32.4 Å². The Morgan fingerprint density at radius 3 is 1.73 bits per heavy atom. The predicted molar refractivity (Wildman–Crippen MR) is 86.7 cm³/mol. The zero-order chi connectivity index (χ0) is 20.1. The van der Waals surface area contributed by atoms with Gasteiger partial charge in [-0.25, -0.2) is 0 Å². The van der Waals surface area contributed by atoms with E-state index in [1.165, 1.54) is 0 Å². The van der Waals surface area contributed by atoms with Gasteiger partial charge in [-0.1, -0.05) is 11.5 Å². The summed E-state index contributed by atoms with van der Waals surface area (Å²) in [5, 5.41) is 0. The van der Waals surface area contributed by atoms with Crippen LogP contribution < -0.4 is 0 Å². The maximum absolute atomic E-state index is 11.6. The largest absolute Gasteiger partial charge is 0.535 e. The smallest absolute Gasteiger partial charge is 0.483 e. The average molecular weight is 382 g/mol. The molecule has 26 heavy (non-hydrogen) atoms. The third-order valence-corrected chi connectivity index (χ3v) is 5.95. The lowest BCUT2D eigenvalue weighted by Crippen LogP contribution is -2.71. The first-order chi connectivity index (χ1) is 12.1. The molecule has 0 saturated carbocycles. The summed E-state index contributed by atoms with van der Waals surface area (Å²) in [6.45, 7) is 4.33. The van der Waals surface area contributed by atoms with E-state index < -0.39 is 56.5 Å². The Bertz CT molecular complexity index is 689. The van der Waals surface area contributed by atoms with Crippen LogP contribution in [0, 0.1) is 24.3 Å². The number of carbonyl (C=O) groups excluding carboxylic acids is 4. The van der Waals surface area contributed by atoms with E-state index in [9.17, 15) is 19.2 Å². The Morgan fingerprint density at radius 2 is 1.35 bits per heavy atom. The van der Waals surface area contributed by atoms with Crippen LogP contribution in [-0.4, -0.2) is 56.5 Å². The van der Waals surface area contributed by atoms with E-state index in [1.54, 1.807) is 0 Å². The second kappa shape index (κ2) is 8.51. The molecular formula is C16H18O9Si. The summed E-state index contributed by atoms with van der Waals surface area (Å²) in [7, 11) is -4.09. The quantitative estimate of drug-likeness (QED) is 0.275. The highest BCUT2D eigenvalue weighted by atomic mass is 28.4. The fourth-order valence-electron chi connectivity index (χ4n) is 2.42. The third-order valence-electron chi connectivity index (χ3n) is 3.16. The minimum atomic E-state index is -4.09. The van der Waals surface area contributed by atoms with Crippen molar-refractivity contribution in [2.75, 3.05) is 0 Å². The maximum Gasteiger partial charge on any atom is 0.535 e. The van der Waals surface area contributed by atoms with Crippen molar-refractivity contribution in [3.63, 3.8) is 0 Å². The number of ether oxygens (including phenoxy) is 3. The summed E-state index contributed by atoms with van der Waals surface area (Å²) in [6, 6.07) is 0. The molecule has 0 aliphatic carbocycles. The van der Waals surface area contributed by atoms with Crippen LogP contribution in [0.25, 0.3) is 0 Å². The van der Waals surface area contributed by atoms with Crippen molar-refractivity contribution in [2.45, 2.75) is 51.7 Å². The van der Waals surface area contributed by atoms with Crippen molar-refractivity contribution in [1.82, 2.24) is 0 Å². The third kappa shape index (κ3) is 4.85. The van der Waals surface area contributed by atoms with Crippen LogP contribution in [0.4, 0.5) is 0 Å². The summed E-state index contributed by atoms with van der Waals surface area (Å²) in [6.07, 6.45) is 6.89. The molecule has 1 aliphatic rings. The van der Waals surface area contributed by atoms with Gasteiger partial charge in [-0.3, -0.25) is 19.2 Å². The summed E-state index contributed by atoms with van der Waals surface area (Å²) < 4.78 is 26.2. The molecule has 0 aromatic carbocycles. The molecule has 1 heterocycles. The van der Waals surface area contributed by atoms with Crippen molar-refractivity contribution in [2.24, 2.45) is 0 Å². The van der Waals surface area contributed by atoms with E-state index in [-0.39, 0.29) is 0 Å². The number of hydrogen-bond donors (Lipinski definition) is 0. The van der Waals surface area contributed by atoms with Crippen LogP contribution >= 0.6 is 0 Å². The molecule has 1 saturated heterocycles. The monoisotopic (exact) mass is 382 g/mol. The molecule has 10 heteroatoms. The maximum atomic E-state index is 11.6. The first kappa shape index (κ1) is 21.2. The highest BCUT2D eigenvalue weighted by Gasteiger charge is 2.65. The Morgan fingerprint density at radius 1 is 0.846 bits per heavy atom. The van der Waals surface area contributed by atoms with E-state index in [4.69, 9.17) is 35.9 Å². The van der Waals surface area contributed by atoms with Crippen LogP contribution in [0.3, 0.4) is 0 Å². The van der Waals surface area contributed by atoms with Gasteiger partial charge in [-0.05, 0) is 0 Å². The van der Waals surface area contributed by atoms with Crippen molar-refractivity contribution < 1.29 is 42.2 Å². The molecule has 0 N–H and O–H groups in total. The van der Waals surface area contributed by atoms with Crippen molar-refractivity contribution in [3.05, 3.63) is 0 Å². The molecular weight excluding hydrogens is 364 g/mol. The molecule has 5 unspecified atom stereocenters. The molecule has 0 radical (unpaired) electrons. The Balaban J connectivity index is 3.54. The van der Waals surface area contributed by atoms with Gasteiger partial charge in [0.05, 0.1) is 0 Å². The van der Waals surface area contributed by atoms with Gasteiger partial charge in [0.2, 0.25) is 5.73 Å². The highest BCUT2D eigenvalue weighted by molar-refractivity contribution is 6.78. The summed E-state index contributed by atoms with van der Waals surface area (Å²) in [5.74, 6) is -0.942. The zero-order valence-electron chi connectivity index (χ0n) is 14.6. The molecule has 0 bridgehead atoms. The molecule has 0 spiro atoms. The lowest BCUT2D eigenvalue weighted by molar-refractivity contribution is -0.194. The van der Waals surface area contributed by atoms with E-state index in [2.05, 4.69) is 11.5 Å². The number of terminal acetylenes is 2. The molecule has 9 nitrogen and oxygen atoms in total. The van der Waals surface area contributed by atoms with Gasteiger partial charge in [0.1, 0.15) is 0 Å². The highest BCUT2D eigenvalue weighted by Crippen LogP contribution is 2.33. The number of hydrogen-bond acceptors (Lipinski definition) is 9. The van der Waals surface area contributed by atoms with Crippen LogP contribution in [0.5, 0.6) is 0 Å². The summed E-state index contributed by atoms with van der Waals surface area (Å²) in [5.41, 5.74) is 0.721. The predicted octanol–water partition coefficient (Wildman–Crippen LogP) is -0.470. The second-order valence-electron chi connectivity index (χ2n) is 5.29. The van der Waals surface area contributed by atoms with Crippen LogP contribution in [0.2, 0.25) is 0 Å². The van der Waals surface area contributed by atoms with E-state index in [1.807, 2.05) is 0 Å². The van der Waals surface area contributed by atoms with Gasteiger partial charge in [0.15, 0.2) is 18.3 Å². The van der Waals surface area contributed by atoms with Crippen LogP contribution in [0.15, 0.2) is 0 Å². The van der Waals surface area contributed by atoms with Gasteiger partial charge in [-0.15, -0.1) is 12.8 Å². The standard InChI is InChI=1S/C16H18O9Si/c1-7-13-14(21-9(3)17)15(22-10(4)18)16(23-11(5)19)26(8-2,25-13)24-12(6)20/h1-2,13-16H,3-6H3. The van der Waals surface area contributed by atoms with E-state index in [0.29, 0.717) is 0 Å². The molecule has 1 fully saturated rings.